The quantitative estimate of drug-likeness (QED) is 0.658. The van der Waals surface area contributed by atoms with Crippen LogP contribution >= 0.6 is 15.9 Å². The topological polar surface area (TPSA) is 0 Å². The van der Waals surface area contributed by atoms with Gasteiger partial charge in [0.05, 0.1) is 0 Å². The lowest BCUT2D eigenvalue weighted by Crippen LogP contribution is -1.82. The molecule has 3 rings (SSSR count). The summed E-state index contributed by atoms with van der Waals surface area (Å²) in [7, 11) is 0. The van der Waals surface area contributed by atoms with Gasteiger partial charge in [-0.25, -0.2) is 0 Å². The van der Waals surface area contributed by atoms with Crippen LogP contribution in [0.1, 0.15) is 30.0 Å². The van der Waals surface area contributed by atoms with Gasteiger partial charge in [0.15, 0.2) is 0 Å². The van der Waals surface area contributed by atoms with Gasteiger partial charge in [-0.1, -0.05) is 65.3 Å². The van der Waals surface area contributed by atoms with Gasteiger partial charge in [-0.15, -0.1) is 0 Å². The number of fused-ring (bicyclic) bond motifs is 1. The highest BCUT2D eigenvalue weighted by atomic mass is 79.9. The van der Waals surface area contributed by atoms with E-state index in [4.69, 9.17) is 0 Å². The van der Waals surface area contributed by atoms with Crippen molar-refractivity contribution in [1.82, 2.24) is 0 Å². The van der Waals surface area contributed by atoms with Gasteiger partial charge in [0.25, 0.3) is 0 Å². The Balaban J connectivity index is 2.09. The SMILES string of the molecule is CCC1=CC(=Cc2cccc(Br)c2)c2ccccc21. The molecule has 94 valence electrons. The maximum absolute atomic E-state index is 3.52. The summed E-state index contributed by atoms with van der Waals surface area (Å²) in [6.45, 7) is 2.21. The molecular formula is C18H15Br. The number of hydrogen-bond acceptors (Lipinski definition) is 0. The van der Waals surface area contributed by atoms with E-state index in [1.807, 2.05) is 0 Å². The standard InChI is InChI=1S/C18H15Br/c1-2-14-12-15(18-9-4-3-8-17(14)18)10-13-6-5-7-16(19)11-13/h3-12H,2H2,1H3. The van der Waals surface area contributed by atoms with E-state index in [1.54, 1.807) is 0 Å². The van der Waals surface area contributed by atoms with E-state index in [0.717, 1.165) is 10.9 Å². The second-order valence-corrected chi connectivity index (χ2v) is 5.64. The van der Waals surface area contributed by atoms with Crippen molar-refractivity contribution < 1.29 is 0 Å². The van der Waals surface area contributed by atoms with Crippen LogP contribution in [0, 0.1) is 0 Å². The minimum Gasteiger partial charge on any atom is -0.0616 e. The second kappa shape index (κ2) is 5.18. The van der Waals surface area contributed by atoms with Crippen LogP contribution in [0.2, 0.25) is 0 Å². The lowest BCUT2D eigenvalue weighted by Gasteiger charge is -2.03. The molecule has 0 saturated heterocycles. The fourth-order valence-corrected chi connectivity index (χ4v) is 2.96. The van der Waals surface area contributed by atoms with Crippen molar-refractivity contribution in [2.75, 3.05) is 0 Å². The second-order valence-electron chi connectivity index (χ2n) is 4.72. The average Bonchev–Trinajstić information content (AvgIpc) is 2.77. The largest absolute Gasteiger partial charge is 0.0616 e. The van der Waals surface area contributed by atoms with Crippen molar-refractivity contribution in [2.24, 2.45) is 0 Å². The van der Waals surface area contributed by atoms with Crippen molar-refractivity contribution in [3.8, 4) is 0 Å². The first-order valence-electron chi connectivity index (χ1n) is 6.55. The van der Waals surface area contributed by atoms with Crippen molar-refractivity contribution in [1.29, 1.82) is 0 Å². The van der Waals surface area contributed by atoms with Gasteiger partial charge >= 0.3 is 0 Å². The lowest BCUT2D eigenvalue weighted by molar-refractivity contribution is 1.25. The Morgan fingerprint density at radius 2 is 1.79 bits per heavy atom. The molecule has 0 fully saturated rings. The summed E-state index contributed by atoms with van der Waals surface area (Å²) in [6.07, 6.45) is 5.64. The first kappa shape index (κ1) is 12.4. The van der Waals surface area contributed by atoms with Gasteiger partial charge in [-0.05, 0) is 52.5 Å². The summed E-state index contributed by atoms with van der Waals surface area (Å²) in [5, 5.41) is 0. The fourth-order valence-electron chi connectivity index (χ4n) is 2.55. The summed E-state index contributed by atoms with van der Waals surface area (Å²) in [4.78, 5) is 0. The van der Waals surface area contributed by atoms with Crippen molar-refractivity contribution >= 4 is 33.2 Å². The molecule has 0 radical (unpaired) electrons. The van der Waals surface area contributed by atoms with Crippen LogP contribution in [-0.2, 0) is 0 Å². The lowest BCUT2D eigenvalue weighted by atomic mass is 10.0. The minimum atomic E-state index is 1.08. The molecule has 2 aromatic carbocycles. The molecule has 0 atom stereocenters. The highest BCUT2D eigenvalue weighted by molar-refractivity contribution is 9.10. The molecule has 0 N–H and O–H groups in total. The van der Waals surface area contributed by atoms with Gasteiger partial charge in [0.2, 0.25) is 0 Å². The molecule has 0 bridgehead atoms. The van der Waals surface area contributed by atoms with Gasteiger partial charge < -0.3 is 0 Å². The Labute approximate surface area is 122 Å². The minimum absolute atomic E-state index is 1.08. The van der Waals surface area contributed by atoms with Crippen molar-refractivity contribution in [2.45, 2.75) is 13.3 Å². The van der Waals surface area contributed by atoms with E-state index in [0.29, 0.717) is 0 Å². The number of hydrogen-bond donors (Lipinski definition) is 0. The molecule has 2 aromatic rings. The number of rotatable bonds is 2. The average molecular weight is 311 g/mol. The predicted octanol–water partition coefficient (Wildman–Crippen LogP) is 5.80. The third-order valence-electron chi connectivity index (χ3n) is 3.47. The van der Waals surface area contributed by atoms with Crippen LogP contribution < -0.4 is 0 Å². The first-order valence-corrected chi connectivity index (χ1v) is 7.35. The van der Waals surface area contributed by atoms with E-state index < -0.39 is 0 Å². The molecule has 0 unspecified atom stereocenters. The molecule has 0 nitrogen and oxygen atoms in total. The molecule has 0 saturated carbocycles. The van der Waals surface area contributed by atoms with Crippen LogP contribution in [0.4, 0.5) is 0 Å². The Kier molecular flexibility index (Phi) is 3.39. The zero-order valence-electron chi connectivity index (χ0n) is 10.9. The fraction of sp³-hybridized carbons (Fsp3) is 0.111. The highest BCUT2D eigenvalue weighted by Gasteiger charge is 2.15. The molecule has 1 aliphatic carbocycles. The smallest absolute Gasteiger partial charge is 0.0181 e. The molecule has 0 heterocycles. The van der Waals surface area contributed by atoms with E-state index in [2.05, 4.69) is 83.5 Å². The van der Waals surface area contributed by atoms with Crippen LogP contribution in [0.5, 0.6) is 0 Å². The van der Waals surface area contributed by atoms with Crippen molar-refractivity contribution in [3.63, 3.8) is 0 Å². The number of halogens is 1. The van der Waals surface area contributed by atoms with Gasteiger partial charge in [0.1, 0.15) is 0 Å². The Hall–Kier alpha value is -1.60. The van der Waals surface area contributed by atoms with Crippen LogP contribution in [0.15, 0.2) is 59.1 Å². The normalized spacial score (nSPS) is 15.5. The number of allylic oxidation sites excluding steroid dienone is 3. The monoisotopic (exact) mass is 310 g/mol. The third-order valence-corrected chi connectivity index (χ3v) is 3.96. The third kappa shape index (κ3) is 2.43. The van der Waals surface area contributed by atoms with Gasteiger partial charge in [-0.3, -0.25) is 0 Å². The highest BCUT2D eigenvalue weighted by Crippen LogP contribution is 2.37. The van der Waals surface area contributed by atoms with Gasteiger partial charge in [0, 0.05) is 4.47 Å². The van der Waals surface area contributed by atoms with Crippen LogP contribution in [0.25, 0.3) is 17.2 Å². The van der Waals surface area contributed by atoms with E-state index in [1.165, 1.54) is 27.8 Å². The summed E-state index contributed by atoms with van der Waals surface area (Å²) in [5.41, 5.74) is 6.70. The predicted molar refractivity (Wildman–Crippen MR) is 86.7 cm³/mol. The molecular weight excluding hydrogens is 296 g/mol. The van der Waals surface area contributed by atoms with E-state index >= 15 is 0 Å². The van der Waals surface area contributed by atoms with Crippen LogP contribution in [0.3, 0.4) is 0 Å². The van der Waals surface area contributed by atoms with E-state index in [-0.39, 0.29) is 0 Å². The summed E-state index contributed by atoms with van der Waals surface area (Å²) in [6, 6.07) is 17.1. The zero-order chi connectivity index (χ0) is 13.2. The molecule has 1 aliphatic rings. The van der Waals surface area contributed by atoms with E-state index in [9.17, 15) is 0 Å². The molecule has 0 amide bonds. The molecule has 19 heavy (non-hydrogen) atoms. The van der Waals surface area contributed by atoms with Crippen molar-refractivity contribution in [3.05, 3.63) is 75.8 Å². The summed E-state index contributed by atoms with van der Waals surface area (Å²) < 4.78 is 1.12. The molecule has 0 aromatic heterocycles. The van der Waals surface area contributed by atoms with Gasteiger partial charge in [-0.2, -0.15) is 0 Å². The number of benzene rings is 2. The van der Waals surface area contributed by atoms with Crippen LogP contribution in [-0.4, -0.2) is 0 Å². The Bertz CT molecular complexity index is 678. The summed E-state index contributed by atoms with van der Waals surface area (Å²) >= 11 is 3.52. The Morgan fingerprint density at radius 3 is 2.53 bits per heavy atom. The molecule has 0 aliphatic heterocycles. The maximum Gasteiger partial charge on any atom is 0.0181 e. The molecule has 1 heteroatoms. The summed E-state index contributed by atoms with van der Waals surface area (Å²) in [5.74, 6) is 0. The zero-order valence-corrected chi connectivity index (χ0v) is 12.4. The maximum atomic E-state index is 3.52. The first-order chi connectivity index (χ1) is 9.28. The Morgan fingerprint density at radius 1 is 1.00 bits per heavy atom. The molecule has 0 spiro atoms.